The molecule has 18 heavy (non-hydrogen) atoms. The van der Waals surface area contributed by atoms with Gasteiger partial charge in [-0.15, -0.1) is 0 Å². The number of hydrazine groups is 1. The minimum Gasteiger partial charge on any atom is -0.348 e. The van der Waals surface area contributed by atoms with Crippen molar-refractivity contribution in [1.29, 1.82) is 0 Å². The van der Waals surface area contributed by atoms with Gasteiger partial charge in [-0.3, -0.25) is 9.59 Å². The predicted octanol–water partition coefficient (Wildman–Crippen LogP) is -0.0483. The second-order valence-electron chi connectivity index (χ2n) is 4.44. The van der Waals surface area contributed by atoms with Crippen LogP contribution in [0.5, 0.6) is 0 Å². The maximum atomic E-state index is 11.7. The van der Waals surface area contributed by atoms with Crippen LogP contribution in [0, 0.1) is 0 Å². The first kappa shape index (κ1) is 12.6. The zero-order chi connectivity index (χ0) is 13.3. The first-order valence-corrected chi connectivity index (χ1v) is 5.85. The van der Waals surface area contributed by atoms with Crippen molar-refractivity contribution in [3.8, 4) is 0 Å². The number of carbonyl (C=O) groups is 1. The van der Waals surface area contributed by atoms with Gasteiger partial charge in [0.15, 0.2) is 0 Å². The van der Waals surface area contributed by atoms with Gasteiger partial charge in [0, 0.05) is 14.1 Å². The van der Waals surface area contributed by atoms with Gasteiger partial charge in [0.1, 0.15) is 5.69 Å². The van der Waals surface area contributed by atoms with Gasteiger partial charge in [-0.05, 0) is 6.42 Å². The van der Waals surface area contributed by atoms with E-state index in [4.69, 9.17) is 0 Å². The van der Waals surface area contributed by atoms with Crippen molar-refractivity contribution in [2.45, 2.75) is 19.4 Å². The molecule has 0 saturated heterocycles. The van der Waals surface area contributed by atoms with E-state index in [0.29, 0.717) is 11.4 Å². The van der Waals surface area contributed by atoms with Gasteiger partial charge in [0.2, 0.25) is 5.91 Å². The van der Waals surface area contributed by atoms with Crippen LogP contribution in [0.3, 0.4) is 0 Å². The van der Waals surface area contributed by atoms with Crippen LogP contribution in [0.4, 0.5) is 5.69 Å². The average molecular weight is 251 g/mol. The monoisotopic (exact) mass is 251 g/mol. The zero-order valence-corrected chi connectivity index (χ0v) is 10.7. The van der Waals surface area contributed by atoms with E-state index in [2.05, 4.69) is 15.4 Å². The summed E-state index contributed by atoms with van der Waals surface area (Å²) in [6.45, 7) is 2.21. The fourth-order valence-electron chi connectivity index (χ4n) is 1.99. The Bertz CT molecular complexity index is 510. The van der Waals surface area contributed by atoms with Gasteiger partial charge in [-0.25, -0.2) is 9.99 Å². The van der Waals surface area contributed by atoms with Crippen LogP contribution in [0.1, 0.15) is 25.1 Å². The summed E-state index contributed by atoms with van der Waals surface area (Å²) >= 11 is 0. The Morgan fingerprint density at radius 1 is 1.56 bits per heavy atom. The normalized spacial score (nSPS) is 18.3. The van der Waals surface area contributed by atoms with Crippen molar-refractivity contribution in [2.24, 2.45) is 0 Å². The third kappa shape index (κ3) is 2.08. The number of likely N-dealkylation sites (N-methyl/N-ethyl adjacent to an activating group) is 1. The summed E-state index contributed by atoms with van der Waals surface area (Å²) in [5.41, 5.74) is 3.90. The molecule has 7 heteroatoms. The molecule has 98 valence electrons. The van der Waals surface area contributed by atoms with Crippen molar-refractivity contribution in [3.05, 3.63) is 22.4 Å². The summed E-state index contributed by atoms with van der Waals surface area (Å²) in [4.78, 5) is 31.6. The van der Waals surface area contributed by atoms with Crippen LogP contribution in [-0.4, -0.2) is 46.4 Å². The summed E-state index contributed by atoms with van der Waals surface area (Å²) < 4.78 is 0. The highest BCUT2D eigenvalue weighted by Crippen LogP contribution is 2.32. The molecule has 1 aliphatic rings. The largest absolute Gasteiger partial charge is 0.348 e. The fraction of sp³-hybridized carbons (Fsp3) is 0.545. The molecule has 1 atom stereocenters. The number of fused-ring (bicyclic) bond motifs is 1. The summed E-state index contributed by atoms with van der Waals surface area (Å²) in [5, 5.41) is 1.76. The molecule has 0 bridgehead atoms. The second kappa shape index (κ2) is 4.77. The van der Waals surface area contributed by atoms with E-state index in [1.165, 1.54) is 11.2 Å². The standard InChI is InChI=1S/C11H17N5O2/c1-4-7-9-10(11(18)13-6-12-9)14-16(7)5-8(17)15(2)3/h6-7,14H,4-5H2,1-3H3,(H,12,13,18). The zero-order valence-electron chi connectivity index (χ0n) is 10.7. The van der Waals surface area contributed by atoms with Crippen LogP contribution >= 0.6 is 0 Å². The lowest BCUT2D eigenvalue weighted by molar-refractivity contribution is -0.130. The first-order valence-electron chi connectivity index (χ1n) is 5.85. The molecule has 0 fully saturated rings. The number of H-pyrrole nitrogens is 1. The number of nitrogens with zero attached hydrogens (tertiary/aromatic N) is 3. The molecule has 0 saturated carbocycles. The average Bonchev–Trinajstić information content (AvgIpc) is 2.68. The molecule has 1 aliphatic heterocycles. The number of hydrogen-bond acceptors (Lipinski definition) is 5. The van der Waals surface area contributed by atoms with Crippen LogP contribution in [0.15, 0.2) is 11.1 Å². The van der Waals surface area contributed by atoms with Crippen molar-refractivity contribution in [3.63, 3.8) is 0 Å². The lowest BCUT2D eigenvalue weighted by Crippen LogP contribution is -2.39. The molecule has 0 radical (unpaired) electrons. The summed E-state index contributed by atoms with van der Waals surface area (Å²) in [6, 6.07) is -0.0498. The van der Waals surface area contributed by atoms with E-state index >= 15 is 0 Å². The van der Waals surface area contributed by atoms with E-state index in [0.717, 1.165) is 6.42 Å². The number of hydrogen-bond donors (Lipinski definition) is 2. The Labute approximate surface area is 105 Å². The first-order chi connectivity index (χ1) is 8.54. The van der Waals surface area contributed by atoms with Gasteiger partial charge in [-0.1, -0.05) is 6.92 Å². The topological polar surface area (TPSA) is 81.3 Å². The van der Waals surface area contributed by atoms with Crippen molar-refractivity contribution in [1.82, 2.24) is 19.9 Å². The van der Waals surface area contributed by atoms with Gasteiger partial charge < -0.3 is 15.3 Å². The van der Waals surface area contributed by atoms with Crippen LogP contribution < -0.4 is 11.0 Å². The summed E-state index contributed by atoms with van der Waals surface area (Å²) in [5.74, 6) is -0.0230. The van der Waals surface area contributed by atoms with Crippen LogP contribution in [0.2, 0.25) is 0 Å². The SMILES string of the molecule is CCC1c2nc[nH]c(=O)c2NN1CC(=O)N(C)C. The highest BCUT2D eigenvalue weighted by atomic mass is 16.2. The Morgan fingerprint density at radius 3 is 2.89 bits per heavy atom. The van der Waals surface area contributed by atoms with Crippen LogP contribution in [0.25, 0.3) is 0 Å². The number of amides is 1. The molecule has 2 rings (SSSR count). The molecule has 1 amide bonds. The van der Waals surface area contributed by atoms with Gasteiger partial charge in [-0.2, -0.15) is 0 Å². The predicted molar refractivity (Wildman–Crippen MR) is 66.9 cm³/mol. The number of anilines is 1. The minimum atomic E-state index is -0.210. The number of nitrogens with one attached hydrogen (secondary N) is 2. The van der Waals surface area contributed by atoms with Crippen molar-refractivity contribution >= 4 is 11.6 Å². The molecule has 1 aromatic heterocycles. The number of aromatic nitrogens is 2. The molecular weight excluding hydrogens is 234 g/mol. The third-order valence-corrected chi connectivity index (χ3v) is 3.02. The molecular formula is C11H17N5O2. The number of rotatable bonds is 3. The van der Waals surface area contributed by atoms with Crippen LogP contribution in [-0.2, 0) is 4.79 Å². The summed E-state index contributed by atoms with van der Waals surface area (Å²) in [7, 11) is 3.41. The van der Waals surface area contributed by atoms with E-state index in [1.54, 1.807) is 19.1 Å². The van der Waals surface area contributed by atoms with Gasteiger partial charge in [0.05, 0.1) is 24.6 Å². The Morgan fingerprint density at radius 2 is 2.28 bits per heavy atom. The Kier molecular flexibility index (Phi) is 3.33. The molecule has 0 spiro atoms. The molecule has 2 N–H and O–H groups in total. The highest BCUT2D eigenvalue weighted by Gasteiger charge is 2.33. The fourth-order valence-corrected chi connectivity index (χ4v) is 1.99. The molecule has 0 aliphatic carbocycles. The quantitative estimate of drug-likeness (QED) is 0.787. The third-order valence-electron chi connectivity index (χ3n) is 3.02. The molecule has 2 heterocycles. The Hall–Kier alpha value is -1.89. The van der Waals surface area contributed by atoms with Gasteiger partial charge >= 0.3 is 0 Å². The lowest BCUT2D eigenvalue weighted by atomic mass is 10.1. The van der Waals surface area contributed by atoms with E-state index < -0.39 is 0 Å². The smallest absolute Gasteiger partial charge is 0.275 e. The lowest BCUT2D eigenvalue weighted by Gasteiger charge is -2.23. The number of aromatic amines is 1. The molecule has 1 aromatic rings. The van der Waals surface area contributed by atoms with Crippen molar-refractivity contribution in [2.75, 3.05) is 26.1 Å². The number of carbonyl (C=O) groups excluding carboxylic acids is 1. The summed E-state index contributed by atoms with van der Waals surface area (Å²) in [6.07, 6.45) is 2.17. The maximum Gasteiger partial charge on any atom is 0.275 e. The molecule has 0 aromatic carbocycles. The van der Waals surface area contributed by atoms with Gasteiger partial charge in [0.25, 0.3) is 5.56 Å². The Balaban J connectivity index is 2.25. The minimum absolute atomic E-state index is 0.0230. The maximum absolute atomic E-state index is 11.7. The van der Waals surface area contributed by atoms with E-state index in [-0.39, 0.29) is 24.1 Å². The van der Waals surface area contributed by atoms with E-state index in [1.807, 2.05) is 6.92 Å². The molecule has 7 nitrogen and oxygen atoms in total. The highest BCUT2D eigenvalue weighted by molar-refractivity contribution is 5.78. The second-order valence-corrected chi connectivity index (χ2v) is 4.44. The van der Waals surface area contributed by atoms with Crippen molar-refractivity contribution < 1.29 is 4.79 Å². The molecule has 1 unspecified atom stereocenters. The van der Waals surface area contributed by atoms with E-state index in [9.17, 15) is 9.59 Å².